The van der Waals surface area contributed by atoms with Gasteiger partial charge in [0.15, 0.2) is 0 Å². The van der Waals surface area contributed by atoms with Gasteiger partial charge >= 0.3 is 0 Å². The van der Waals surface area contributed by atoms with Gasteiger partial charge in [0.2, 0.25) is 0 Å². The summed E-state index contributed by atoms with van der Waals surface area (Å²) in [5, 5.41) is 4.18. The number of allylic oxidation sites excluding steroid dienone is 2. The monoisotopic (exact) mass is 352 g/mol. The average Bonchev–Trinajstić information content (AvgIpc) is 3.05. The van der Waals surface area contributed by atoms with Crippen LogP contribution in [0.4, 0.5) is 14.6 Å². The first-order chi connectivity index (χ1) is 12.7. The molecule has 6 heteroatoms. The highest BCUT2D eigenvalue weighted by Crippen LogP contribution is 2.23. The van der Waals surface area contributed by atoms with Gasteiger partial charge in [0, 0.05) is 48.9 Å². The minimum absolute atomic E-state index is 0.219. The molecule has 1 unspecified atom stereocenters. The van der Waals surface area contributed by atoms with E-state index in [9.17, 15) is 8.78 Å². The van der Waals surface area contributed by atoms with Crippen molar-refractivity contribution in [1.29, 1.82) is 0 Å². The van der Waals surface area contributed by atoms with Gasteiger partial charge in [-0.3, -0.25) is 0 Å². The molecule has 4 rings (SSSR count). The van der Waals surface area contributed by atoms with Gasteiger partial charge in [-0.1, -0.05) is 12.1 Å². The van der Waals surface area contributed by atoms with Crippen LogP contribution in [-0.2, 0) is 6.42 Å². The second-order valence-corrected chi connectivity index (χ2v) is 6.29. The summed E-state index contributed by atoms with van der Waals surface area (Å²) in [7, 11) is 0. The summed E-state index contributed by atoms with van der Waals surface area (Å²) < 4.78 is 26.8. The molecule has 2 N–H and O–H groups in total. The smallest absolute Gasteiger partial charge is 0.137 e. The van der Waals surface area contributed by atoms with Crippen molar-refractivity contribution in [3.8, 4) is 0 Å². The van der Waals surface area contributed by atoms with Crippen LogP contribution >= 0.6 is 0 Å². The zero-order chi connectivity index (χ0) is 17.9. The fourth-order valence-electron chi connectivity index (χ4n) is 3.04. The van der Waals surface area contributed by atoms with Gasteiger partial charge in [-0.25, -0.2) is 18.7 Å². The van der Waals surface area contributed by atoms with E-state index in [-0.39, 0.29) is 13.0 Å². The number of pyridine rings is 2. The molecule has 26 heavy (non-hydrogen) atoms. The van der Waals surface area contributed by atoms with Gasteiger partial charge in [0.1, 0.15) is 23.5 Å². The second-order valence-electron chi connectivity index (χ2n) is 6.29. The molecule has 0 saturated carbocycles. The molecule has 0 radical (unpaired) electrons. The lowest BCUT2D eigenvalue weighted by Crippen LogP contribution is -2.11. The second kappa shape index (κ2) is 7.07. The molecule has 1 aliphatic carbocycles. The Hall–Kier alpha value is -3.02. The molecule has 0 bridgehead atoms. The van der Waals surface area contributed by atoms with E-state index in [0.717, 1.165) is 34.7 Å². The molecule has 3 aromatic rings. The Labute approximate surface area is 149 Å². The maximum atomic E-state index is 13.7. The lowest BCUT2D eigenvalue weighted by atomic mass is 10.0. The summed E-state index contributed by atoms with van der Waals surface area (Å²) in [6.45, 7) is 0.287. The molecule has 1 aliphatic rings. The number of rotatable bonds is 5. The number of hydrogen-bond acceptors (Lipinski definition) is 3. The Morgan fingerprint density at radius 1 is 1.23 bits per heavy atom. The summed E-state index contributed by atoms with van der Waals surface area (Å²) in [6.07, 6.45) is 7.88. The van der Waals surface area contributed by atoms with Crippen molar-refractivity contribution in [1.82, 2.24) is 15.0 Å². The van der Waals surface area contributed by atoms with Crippen molar-refractivity contribution in [2.75, 3.05) is 11.9 Å². The highest BCUT2D eigenvalue weighted by Gasteiger charge is 2.14. The van der Waals surface area contributed by atoms with Crippen LogP contribution in [0.1, 0.15) is 17.5 Å². The van der Waals surface area contributed by atoms with Crippen molar-refractivity contribution >= 4 is 16.9 Å². The maximum absolute atomic E-state index is 13.7. The largest absolute Gasteiger partial charge is 0.366 e. The van der Waals surface area contributed by atoms with E-state index in [2.05, 4.69) is 20.3 Å². The molecule has 1 atom stereocenters. The summed E-state index contributed by atoms with van der Waals surface area (Å²) in [6, 6.07) is 7.82. The van der Waals surface area contributed by atoms with Gasteiger partial charge in [0.25, 0.3) is 0 Å². The van der Waals surface area contributed by atoms with E-state index < -0.39 is 12.0 Å². The third-order valence-corrected chi connectivity index (χ3v) is 4.44. The first-order valence-corrected chi connectivity index (χ1v) is 8.49. The zero-order valence-electron chi connectivity index (χ0n) is 14.0. The van der Waals surface area contributed by atoms with Crippen LogP contribution in [0.15, 0.2) is 66.4 Å². The van der Waals surface area contributed by atoms with E-state index in [1.54, 1.807) is 18.5 Å². The molecule has 3 heterocycles. The quantitative estimate of drug-likeness (QED) is 0.712. The van der Waals surface area contributed by atoms with Gasteiger partial charge < -0.3 is 10.3 Å². The molecule has 4 nitrogen and oxygen atoms in total. The van der Waals surface area contributed by atoms with Crippen LogP contribution in [-0.4, -0.2) is 27.7 Å². The zero-order valence-corrected chi connectivity index (χ0v) is 14.0. The van der Waals surface area contributed by atoms with Crippen molar-refractivity contribution < 1.29 is 8.78 Å². The Balaban J connectivity index is 1.40. The molecule has 0 fully saturated rings. The van der Waals surface area contributed by atoms with E-state index >= 15 is 0 Å². The minimum Gasteiger partial charge on any atom is -0.366 e. The van der Waals surface area contributed by atoms with Crippen LogP contribution in [0.2, 0.25) is 0 Å². The van der Waals surface area contributed by atoms with Gasteiger partial charge in [-0.15, -0.1) is 0 Å². The van der Waals surface area contributed by atoms with Crippen LogP contribution in [0.5, 0.6) is 0 Å². The summed E-state index contributed by atoms with van der Waals surface area (Å²) in [5.74, 6) is 0.159. The van der Waals surface area contributed by atoms with E-state index in [0.29, 0.717) is 11.4 Å². The van der Waals surface area contributed by atoms with Gasteiger partial charge in [-0.05, 0) is 35.4 Å². The lowest BCUT2D eigenvalue weighted by Gasteiger charge is -2.13. The number of anilines is 1. The molecule has 0 aliphatic heterocycles. The Bertz CT molecular complexity index is 973. The number of halogens is 2. The molecule has 0 saturated heterocycles. The molecule has 0 spiro atoms. The minimum atomic E-state index is -1.23. The maximum Gasteiger partial charge on any atom is 0.137 e. The number of aromatic nitrogens is 3. The van der Waals surface area contributed by atoms with Crippen molar-refractivity contribution in [2.45, 2.75) is 19.0 Å². The van der Waals surface area contributed by atoms with E-state index in [1.807, 2.05) is 30.5 Å². The summed E-state index contributed by atoms with van der Waals surface area (Å²) >= 11 is 0. The normalized spacial score (nSPS) is 17.1. The van der Waals surface area contributed by atoms with Crippen LogP contribution in [0.25, 0.3) is 11.0 Å². The number of H-pyrrole nitrogens is 1. The molecule has 132 valence electrons. The number of alkyl halides is 1. The van der Waals surface area contributed by atoms with Crippen LogP contribution < -0.4 is 5.32 Å². The molecule has 0 amide bonds. The predicted molar refractivity (Wildman–Crippen MR) is 98.4 cm³/mol. The molecular weight excluding hydrogens is 334 g/mol. The van der Waals surface area contributed by atoms with Gasteiger partial charge in [-0.2, -0.15) is 0 Å². The average molecular weight is 352 g/mol. The topological polar surface area (TPSA) is 53.6 Å². The Morgan fingerprint density at radius 2 is 2.15 bits per heavy atom. The fraction of sp³-hybridized carbons (Fsp3) is 0.200. The SMILES string of the molecule is FC1=CC(F)CC=C1CNc1ccc(Cc2c[nH]c3ncccc23)cn1. The first-order valence-electron chi connectivity index (χ1n) is 8.49. The number of aromatic amines is 1. The van der Waals surface area contributed by atoms with E-state index in [1.165, 1.54) is 0 Å². The number of fused-ring (bicyclic) bond motifs is 1. The first kappa shape index (κ1) is 16.4. The lowest BCUT2D eigenvalue weighted by molar-refractivity contribution is 0.390. The van der Waals surface area contributed by atoms with Crippen molar-refractivity contribution in [3.63, 3.8) is 0 Å². The van der Waals surface area contributed by atoms with Crippen LogP contribution in [0.3, 0.4) is 0 Å². The van der Waals surface area contributed by atoms with Crippen LogP contribution in [0, 0.1) is 0 Å². The standard InChI is InChI=1S/C20H18F2N4/c21-16-5-4-14(18(22)9-16)11-25-19-6-3-13(10-24-19)8-15-12-26-20-17(15)2-1-7-23-20/h1-4,6-7,9-10,12,16H,5,8,11H2,(H,23,26)(H,24,25). The third-order valence-electron chi connectivity index (χ3n) is 4.44. The van der Waals surface area contributed by atoms with Gasteiger partial charge in [0.05, 0.1) is 0 Å². The third kappa shape index (κ3) is 3.49. The number of nitrogens with one attached hydrogen (secondary N) is 2. The van der Waals surface area contributed by atoms with Crippen molar-refractivity contribution in [2.24, 2.45) is 0 Å². The Morgan fingerprint density at radius 3 is 2.96 bits per heavy atom. The van der Waals surface area contributed by atoms with Crippen molar-refractivity contribution in [3.05, 3.63) is 77.5 Å². The summed E-state index contributed by atoms with van der Waals surface area (Å²) in [5.41, 5.74) is 3.58. The highest BCUT2D eigenvalue weighted by molar-refractivity contribution is 5.79. The predicted octanol–water partition coefficient (Wildman–Crippen LogP) is 4.48. The fourth-order valence-corrected chi connectivity index (χ4v) is 3.04. The molecule has 0 aromatic carbocycles. The Kier molecular flexibility index (Phi) is 4.48. The highest BCUT2D eigenvalue weighted by atomic mass is 19.1. The summed E-state index contributed by atoms with van der Waals surface area (Å²) in [4.78, 5) is 11.8. The number of nitrogens with zero attached hydrogens (tertiary/aromatic N) is 2. The van der Waals surface area contributed by atoms with E-state index in [4.69, 9.17) is 0 Å². The molecular formula is C20H18F2N4. The number of hydrogen-bond donors (Lipinski definition) is 2. The molecule has 3 aromatic heterocycles.